The molecule has 0 fully saturated rings. The molecule has 3 heterocycles. The van der Waals surface area contributed by atoms with E-state index in [1.165, 1.54) is 23.7 Å². The topological polar surface area (TPSA) is 111 Å². The summed E-state index contributed by atoms with van der Waals surface area (Å²) >= 11 is 0. The van der Waals surface area contributed by atoms with Gasteiger partial charge in [0.2, 0.25) is 5.88 Å². The lowest BCUT2D eigenvalue weighted by atomic mass is 10.1. The lowest BCUT2D eigenvalue weighted by Gasteiger charge is -2.22. The Hall–Kier alpha value is -3.10. The third-order valence-electron chi connectivity index (χ3n) is 4.38. The van der Waals surface area contributed by atoms with Crippen LogP contribution >= 0.6 is 0 Å². The molecule has 0 aliphatic carbocycles. The molecule has 0 radical (unpaired) electrons. The molecule has 186 valence electrons. The molecule has 0 spiro atoms. The second kappa shape index (κ2) is 8.60. The van der Waals surface area contributed by atoms with Crippen molar-refractivity contribution < 1.29 is 35.1 Å². The van der Waals surface area contributed by atoms with Crippen molar-refractivity contribution in [3.8, 4) is 17.1 Å². The van der Waals surface area contributed by atoms with E-state index in [1.807, 2.05) is 20.8 Å². The third kappa shape index (κ3) is 5.18. The summed E-state index contributed by atoms with van der Waals surface area (Å²) < 4.78 is 94.3. The maximum Gasteiger partial charge on any atom is 0.456 e. The summed E-state index contributed by atoms with van der Waals surface area (Å²) in [5, 5.41) is 14.3. The van der Waals surface area contributed by atoms with Crippen LogP contribution in [0.4, 0.5) is 27.8 Å². The minimum absolute atomic E-state index is 0.000851. The van der Waals surface area contributed by atoms with Crippen LogP contribution in [0.3, 0.4) is 0 Å². The van der Waals surface area contributed by atoms with E-state index >= 15 is 0 Å². The van der Waals surface area contributed by atoms with Crippen LogP contribution in [0.25, 0.3) is 16.9 Å². The number of nitrogens with zero attached hydrogens (tertiary/aromatic N) is 5. The van der Waals surface area contributed by atoms with Crippen molar-refractivity contribution in [1.29, 1.82) is 0 Å². The molecular formula is C19H21F5N6O3S. The Labute approximate surface area is 191 Å². The molecule has 3 rings (SSSR count). The van der Waals surface area contributed by atoms with E-state index < -0.39 is 40.0 Å². The predicted octanol–water partition coefficient (Wildman–Crippen LogP) is 3.77. The monoisotopic (exact) mass is 508 g/mol. The second-order valence-corrected chi connectivity index (χ2v) is 10.5. The maximum atomic E-state index is 13.1. The Morgan fingerprint density at radius 2 is 1.74 bits per heavy atom. The van der Waals surface area contributed by atoms with E-state index in [4.69, 9.17) is 0 Å². The Bertz CT molecular complexity index is 1280. The molecule has 0 amide bonds. The zero-order valence-electron chi connectivity index (χ0n) is 18.5. The molecule has 0 aromatic carbocycles. The van der Waals surface area contributed by atoms with Gasteiger partial charge in [-0.15, -0.1) is 10.2 Å². The highest BCUT2D eigenvalue weighted by atomic mass is 32.2. The van der Waals surface area contributed by atoms with E-state index in [9.17, 15) is 30.4 Å². The number of hydrogen-bond donors (Lipinski definition) is 1. The molecule has 34 heavy (non-hydrogen) atoms. The molecule has 3 aromatic rings. The number of hydrogen-bond acceptors (Lipinski definition) is 8. The zero-order valence-corrected chi connectivity index (χ0v) is 19.3. The van der Waals surface area contributed by atoms with Gasteiger partial charge >= 0.3 is 12.1 Å². The van der Waals surface area contributed by atoms with Gasteiger partial charge in [0.05, 0.1) is 11.3 Å². The van der Waals surface area contributed by atoms with Crippen molar-refractivity contribution in [2.75, 3.05) is 17.7 Å². The number of anilines is 1. The Morgan fingerprint density at radius 3 is 2.26 bits per heavy atom. The van der Waals surface area contributed by atoms with Crippen molar-refractivity contribution in [1.82, 2.24) is 24.8 Å². The summed E-state index contributed by atoms with van der Waals surface area (Å²) in [4.78, 5) is 4.21. The number of rotatable bonds is 7. The largest absolute Gasteiger partial charge is 0.470 e. The van der Waals surface area contributed by atoms with Crippen molar-refractivity contribution in [2.24, 2.45) is 0 Å². The smallest absolute Gasteiger partial charge is 0.456 e. The quantitative estimate of drug-likeness (QED) is 0.480. The van der Waals surface area contributed by atoms with Crippen LogP contribution in [0.5, 0.6) is 5.88 Å². The fourth-order valence-electron chi connectivity index (χ4n) is 2.76. The molecule has 0 bridgehead atoms. The van der Waals surface area contributed by atoms with Gasteiger partial charge in [-0.2, -0.15) is 31.6 Å². The van der Waals surface area contributed by atoms with E-state index in [-0.39, 0.29) is 27.7 Å². The summed E-state index contributed by atoms with van der Waals surface area (Å²) in [7, 11) is -3.88. The summed E-state index contributed by atoms with van der Waals surface area (Å²) in [6.07, 6.45) is -4.35. The van der Waals surface area contributed by atoms with Gasteiger partial charge in [-0.1, -0.05) is 6.92 Å². The zero-order chi connectivity index (χ0) is 25.5. The van der Waals surface area contributed by atoms with Crippen LogP contribution in [-0.4, -0.2) is 63.2 Å². The van der Waals surface area contributed by atoms with Gasteiger partial charge in [-0.3, -0.25) is 0 Å². The van der Waals surface area contributed by atoms with Crippen LogP contribution in [0.2, 0.25) is 0 Å². The van der Waals surface area contributed by atoms with E-state index in [0.29, 0.717) is 5.82 Å². The highest BCUT2D eigenvalue weighted by molar-refractivity contribution is 7.91. The highest BCUT2D eigenvalue weighted by Gasteiger charge is 2.58. The van der Waals surface area contributed by atoms with E-state index in [0.717, 1.165) is 6.07 Å². The first kappa shape index (κ1) is 25.5. The predicted molar refractivity (Wildman–Crippen MR) is 112 cm³/mol. The summed E-state index contributed by atoms with van der Waals surface area (Å²) in [5.41, 5.74) is -0.328. The van der Waals surface area contributed by atoms with Gasteiger partial charge in [0.25, 0.3) is 0 Å². The van der Waals surface area contributed by atoms with E-state index in [1.54, 1.807) is 6.07 Å². The first-order valence-electron chi connectivity index (χ1n) is 9.86. The molecule has 3 aromatic heterocycles. The van der Waals surface area contributed by atoms with Gasteiger partial charge in [-0.25, -0.2) is 13.4 Å². The standard InChI is InChI=1S/C19H21F5N6O3S/c1-5-34(31,32)16-14(15-25-9-8-12(30(15)29-16)26-17(2,3)4)11-6-7-13(28-27-11)33-10-18(20,21)19(22,23)24/h6-9,26H,5,10H2,1-4H3. The van der Waals surface area contributed by atoms with Crippen molar-refractivity contribution >= 4 is 21.3 Å². The van der Waals surface area contributed by atoms with Gasteiger partial charge < -0.3 is 10.1 Å². The van der Waals surface area contributed by atoms with Gasteiger partial charge in [0.1, 0.15) is 11.5 Å². The number of alkyl halides is 5. The van der Waals surface area contributed by atoms with Crippen LogP contribution in [-0.2, 0) is 9.84 Å². The van der Waals surface area contributed by atoms with Gasteiger partial charge in [-0.05, 0) is 32.9 Å². The summed E-state index contributed by atoms with van der Waals surface area (Å²) in [6, 6.07) is 3.77. The molecule has 0 saturated carbocycles. The molecule has 0 aliphatic heterocycles. The average molecular weight is 508 g/mol. The van der Waals surface area contributed by atoms with Crippen LogP contribution in [0.1, 0.15) is 27.7 Å². The molecular weight excluding hydrogens is 487 g/mol. The van der Waals surface area contributed by atoms with Crippen molar-refractivity contribution in [3.05, 3.63) is 24.4 Å². The van der Waals surface area contributed by atoms with Crippen molar-refractivity contribution in [2.45, 2.75) is 50.4 Å². The third-order valence-corrected chi connectivity index (χ3v) is 6.01. The highest BCUT2D eigenvalue weighted by Crippen LogP contribution is 2.36. The number of fused-ring (bicyclic) bond motifs is 1. The molecule has 0 aliphatic rings. The Kier molecular flexibility index (Phi) is 6.45. The molecule has 15 heteroatoms. The van der Waals surface area contributed by atoms with Gasteiger partial charge in [0.15, 0.2) is 27.1 Å². The minimum atomic E-state index is -5.79. The van der Waals surface area contributed by atoms with Crippen LogP contribution < -0.4 is 10.1 Å². The number of ether oxygens (including phenoxy) is 1. The van der Waals surface area contributed by atoms with Crippen molar-refractivity contribution in [3.63, 3.8) is 0 Å². The molecule has 1 N–H and O–H groups in total. The van der Waals surface area contributed by atoms with Gasteiger partial charge in [0, 0.05) is 17.8 Å². The molecule has 0 saturated heterocycles. The molecule has 9 nitrogen and oxygen atoms in total. The number of aromatic nitrogens is 5. The number of nitrogens with one attached hydrogen (secondary N) is 1. The first-order valence-corrected chi connectivity index (χ1v) is 11.5. The maximum absolute atomic E-state index is 13.1. The van der Waals surface area contributed by atoms with Crippen LogP contribution in [0, 0.1) is 0 Å². The minimum Gasteiger partial charge on any atom is -0.470 e. The lowest BCUT2D eigenvalue weighted by molar-refractivity contribution is -0.290. The summed E-state index contributed by atoms with van der Waals surface area (Å²) in [6.45, 7) is 5.11. The molecule has 0 atom stereocenters. The first-order chi connectivity index (χ1) is 15.6. The summed E-state index contributed by atoms with van der Waals surface area (Å²) in [5.74, 6) is -5.53. The van der Waals surface area contributed by atoms with Crippen LogP contribution in [0.15, 0.2) is 29.4 Å². The Morgan fingerprint density at radius 1 is 1.06 bits per heavy atom. The SMILES string of the molecule is CCS(=O)(=O)c1nn2c(NC(C)(C)C)ccnc2c1-c1ccc(OCC(F)(F)C(F)(F)F)nn1. The van der Waals surface area contributed by atoms with E-state index in [2.05, 4.69) is 30.3 Å². The average Bonchev–Trinajstić information content (AvgIpc) is 3.12. The normalized spacial score (nSPS) is 13.3. The second-order valence-electron chi connectivity index (χ2n) is 8.27. The fourth-order valence-corrected chi connectivity index (χ4v) is 3.75. The molecule has 0 unspecified atom stereocenters. The number of halogens is 5. The lowest BCUT2D eigenvalue weighted by Crippen LogP contribution is -2.41. The fraction of sp³-hybridized carbons (Fsp3) is 0.474. The Balaban J connectivity index is 2.06. The number of sulfone groups is 1.